The van der Waals surface area contributed by atoms with Gasteiger partial charge in [-0.25, -0.2) is 0 Å². The lowest BCUT2D eigenvalue weighted by atomic mass is 10.0. The molecular weight excluding hydrogens is 645 g/mol. The summed E-state index contributed by atoms with van der Waals surface area (Å²) in [5.74, 6) is -1.96. The molecule has 0 bridgehead atoms. The molecule has 0 atom stereocenters. The first-order valence-corrected chi connectivity index (χ1v) is 15.8. The van der Waals surface area contributed by atoms with E-state index >= 15 is 0 Å². The molecule has 10 nitrogen and oxygen atoms in total. The van der Waals surface area contributed by atoms with Crippen LogP contribution in [-0.2, 0) is 14.1 Å². The number of carbonyl (C=O) groups is 4. The highest BCUT2D eigenvalue weighted by Gasteiger charge is 2.36. The SMILES string of the molecule is Cn1c(C=C2C(=O)c3cc(C#N)c(C#N)cc3C2=O)cc2sc3c4sc(C=C5C(=O)c6cc(C#N)c(C#N)cc6C5=O)cc4n(C)c3c21. The Morgan fingerprint density at radius 1 is 0.562 bits per heavy atom. The molecule has 2 aromatic carbocycles. The number of rotatable bonds is 2. The summed E-state index contributed by atoms with van der Waals surface area (Å²) in [5, 5.41) is 37.5. The molecule has 0 saturated heterocycles. The third-order valence-electron chi connectivity index (χ3n) is 8.85. The highest BCUT2D eigenvalue weighted by atomic mass is 32.1. The second kappa shape index (κ2) is 9.90. The van der Waals surface area contributed by atoms with Gasteiger partial charge in [-0.2, -0.15) is 21.0 Å². The number of nitriles is 4. The lowest BCUT2D eigenvalue weighted by molar-refractivity contribution is 0.0975. The second-order valence-electron chi connectivity index (χ2n) is 11.3. The van der Waals surface area contributed by atoms with Crippen molar-refractivity contribution >= 4 is 88.6 Å². The van der Waals surface area contributed by atoms with Gasteiger partial charge in [-0.15, -0.1) is 22.7 Å². The Kier molecular flexibility index (Phi) is 5.93. The normalized spacial score (nSPS) is 13.6. The number of allylic oxidation sites excluding steroid dienone is 2. The summed E-state index contributed by atoms with van der Waals surface area (Å²) >= 11 is 2.98. The molecule has 224 valence electrons. The van der Waals surface area contributed by atoms with E-state index in [1.807, 2.05) is 59.6 Å². The number of fused-ring (bicyclic) bond motifs is 7. The molecule has 0 unspecified atom stereocenters. The minimum absolute atomic E-state index is 0.0216. The van der Waals surface area contributed by atoms with Crippen molar-refractivity contribution in [2.45, 2.75) is 0 Å². The topological polar surface area (TPSA) is 173 Å². The van der Waals surface area contributed by atoms with E-state index in [1.165, 1.54) is 35.6 Å². The lowest BCUT2D eigenvalue weighted by Gasteiger charge is -2.02. The first-order chi connectivity index (χ1) is 23.1. The zero-order valence-electron chi connectivity index (χ0n) is 24.8. The Hall–Kier alpha value is -6.70. The standard InChI is InChI=1S/C36H14N6O4S2/c1-41-19(7-25-31(43)21-3-15(11-37)16(12-38)4-22(21)32(25)44)8-28-29(41)30-36(48-28)35-27(42(30)2)10-20(47-35)9-26-33(45)23-5-17(13-39)18(14-40)6-24(23)34(26)46/h3-10H,1-2H3. The van der Waals surface area contributed by atoms with E-state index in [2.05, 4.69) is 0 Å². The number of nitrogens with zero attached hydrogens (tertiary/aromatic N) is 6. The van der Waals surface area contributed by atoms with Gasteiger partial charge >= 0.3 is 0 Å². The van der Waals surface area contributed by atoms with Gasteiger partial charge in [-0.3, -0.25) is 19.2 Å². The van der Waals surface area contributed by atoms with E-state index in [1.54, 1.807) is 23.5 Å². The lowest BCUT2D eigenvalue weighted by Crippen LogP contribution is -2.02. The predicted octanol–water partition coefficient (Wildman–Crippen LogP) is 6.36. The maximum atomic E-state index is 13.2. The molecule has 4 heterocycles. The maximum absolute atomic E-state index is 13.2. The predicted molar refractivity (Wildman–Crippen MR) is 178 cm³/mol. The number of thiophene rings is 2. The van der Waals surface area contributed by atoms with Gasteiger partial charge in [0.05, 0.1) is 64.0 Å². The molecule has 12 heteroatoms. The summed E-state index contributed by atoms with van der Waals surface area (Å²) in [6.07, 6.45) is 3.10. The Bertz CT molecular complexity index is 2770. The van der Waals surface area contributed by atoms with E-state index in [0.29, 0.717) is 10.6 Å². The van der Waals surface area contributed by atoms with Gasteiger partial charge in [0, 0.05) is 46.9 Å². The Morgan fingerprint density at radius 2 is 1.02 bits per heavy atom. The number of hydrogen-bond donors (Lipinski definition) is 0. The first kappa shape index (κ1) is 28.8. The highest BCUT2D eigenvalue weighted by Crippen LogP contribution is 2.45. The fourth-order valence-electron chi connectivity index (χ4n) is 6.48. The fourth-order valence-corrected chi connectivity index (χ4v) is 9.06. The molecule has 0 N–H and O–H groups in total. The molecule has 4 aromatic heterocycles. The van der Waals surface area contributed by atoms with E-state index in [4.69, 9.17) is 0 Å². The summed E-state index contributed by atoms with van der Waals surface area (Å²) < 4.78 is 6.83. The zero-order chi connectivity index (χ0) is 33.8. The zero-order valence-corrected chi connectivity index (χ0v) is 26.4. The minimum Gasteiger partial charge on any atom is -0.342 e. The van der Waals surface area contributed by atoms with Gasteiger partial charge in [0.1, 0.15) is 24.3 Å². The summed E-state index contributed by atoms with van der Waals surface area (Å²) in [5.41, 5.74) is 3.93. The van der Waals surface area contributed by atoms with E-state index in [9.17, 15) is 40.2 Å². The van der Waals surface area contributed by atoms with Crippen molar-refractivity contribution in [1.82, 2.24) is 9.13 Å². The summed E-state index contributed by atoms with van der Waals surface area (Å²) in [4.78, 5) is 53.6. The van der Waals surface area contributed by atoms with Crippen molar-refractivity contribution < 1.29 is 19.2 Å². The van der Waals surface area contributed by atoms with Crippen molar-refractivity contribution in [2.24, 2.45) is 14.1 Å². The van der Waals surface area contributed by atoms with E-state index < -0.39 is 23.1 Å². The quantitative estimate of drug-likeness (QED) is 0.153. The second-order valence-corrected chi connectivity index (χ2v) is 13.4. The van der Waals surface area contributed by atoms with Gasteiger partial charge in [-0.1, -0.05) is 0 Å². The number of ketones is 4. The minimum atomic E-state index is -0.495. The fraction of sp³-hybridized carbons (Fsp3) is 0.0556. The van der Waals surface area contributed by atoms with Crippen LogP contribution in [0.5, 0.6) is 0 Å². The van der Waals surface area contributed by atoms with Gasteiger partial charge in [0.25, 0.3) is 0 Å². The number of benzene rings is 2. The van der Waals surface area contributed by atoms with Crippen molar-refractivity contribution in [3.63, 3.8) is 0 Å². The molecule has 48 heavy (non-hydrogen) atoms. The molecule has 0 radical (unpaired) electrons. The Balaban J connectivity index is 1.19. The van der Waals surface area contributed by atoms with Gasteiger partial charge in [0.15, 0.2) is 23.1 Å². The summed E-state index contributed by atoms with van der Waals surface area (Å²) in [6, 6.07) is 16.6. The molecule has 0 spiro atoms. The van der Waals surface area contributed by atoms with Crippen molar-refractivity contribution in [3.8, 4) is 24.3 Å². The molecule has 6 aromatic rings. The van der Waals surface area contributed by atoms with Gasteiger partial charge < -0.3 is 9.13 Å². The average Bonchev–Trinajstić information content (AvgIpc) is 3.89. The summed E-state index contributed by atoms with van der Waals surface area (Å²) in [6.45, 7) is 0. The van der Waals surface area contributed by atoms with Gasteiger partial charge in [-0.05, 0) is 48.6 Å². The molecule has 0 aliphatic heterocycles. The molecular formula is C36H14N6O4S2. The Morgan fingerprint density at radius 3 is 1.48 bits per heavy atom. The van der Waals surface area contributed by atoms with Crippen LogP contribution < -0.4 is 0 Å². The molecule has 2 aliphatic rings. The highest BCUT2D eigenvalue weighted by molar-refractivity contribution is 7.31. The molecule has 0 saturated carbocycles. The number of Topliss-reactive ketones (excluding diaryl/α,β-unsaturated/α-hetero) is 4. The average molecular weight is 659 g/mol. The third-order valence-corrected chi connectivity index (χ3v) is 11.2. The molecule has 0 fully saturated rings. The molecule has 0 amide bonds. The van der Waals surface area contributed by atoms with E-state index in [-0.39, 0.29) is 55.7 Å². The van der Waals surface area contributed by atoms with E-state index in [0.717, 1.165) is 30.6 Å². The first-order valence-electron chi connectivity index (χ1n) is 14.2. The largest absolute Gasteiger partial charge is 0.342 e. The number of hydrogen-bond acceptors (Lipinski definition) is 10. The summed E-state index contributed by atoms with van der Waals surface area (Å²) in [7, 11) is 3.77. The number of aryl methyl sites for hydroxylation is 2. The maximum Gasteiger partial charge on any atom is 0.197 e. The number of aromatic nitrogens is 2. The molecule has 2 aliphatic carbocycles. The van der Waals surface area contributed by atoms with Crippen LogP contribution in [0.4, 0.5) is 0 Å². The van der Waals surface area contributed by atoms with Crippen LogP contribution in [0.3, 0.4) is 0 Å². The smallest absolute Gasteiger partial charge is 0.197 e. The van der Waals surface area contributed by atoms with Crippen molar-refractivity contribution in [2.75, 3.05) is 0 Å². The van der Waals surface area contributed by atoms with Crippen molar-refractivity contribution in [1.29, 1.82) is 21.0 Å². The molecule has 8 rings (SSSR count). The van der Waals surface area contributed by atoms with Crippen LogP contribution in [0, 0.1) is 45.3 Å². The van der Waals surface area contributed by atoms with Crippen LogP contribution in [0.15, 0.2) is 47.5 Å². The van der Waals surface area contributed by atoms with Crippen LogP contribution >= 0.6 is 22.7 Å². The van der Waals surface area contributed by atoms with Crippen LogP contribution in [0.25, 0.3) is 42.8 Å². The van der Waals surface area contributed by atoms with Crippen LogP contribution in [0.1, 0.15) is 74.3 Å². The van der Waals surface area contributed by atoms with Crippen molar-refractivity contribution in [3.05, 3.63) is 103 Å². The third kappa shape index (κ3) is 3.67. The van der Waals surface area contributed by atoms with Crippen LogP contribution in [0.2, 0.25) is 0 Å². The van der Waals surface area contributed by atoms with Crippen LogP contribution in [-0.4, -0.2) is 32.3 Å². The Labute approximate surface area is 278 Å². The number of carbonyl (C=O) groups excluding carboxylic acids is 4. The van der Waals surface area contributed by atoms with Gasteiger partial charge in [0.2, 0.25) is 0 Å². The monoisotopic (exact) mass is 658 g/mol.